The Labute approximate surface area is 134 Å². The SMILES string of the molecule is CN(C)/N=C(/CC1OC(=O)c2ccccc21)c1ccccc1O. The Hall–Kier alpha value is -2.82. The number of carbonyl (C=O) groups is 1. The van der Waals surface area contributed by atoms with Crippen molar-refractivity contribution < 1.29 is 14.6 Å². The predicted molar refractivity (Wildman–Crippen MR) is 87.5 cm³/mol. The molecule has 5 nitrogen and oxygen atoms in total. The number of hydrogen-bond acceptors (Lipinski definition) is 5. The number of carbonyl (C=O) groups excluding carboxylic acids is 1. The summed E-state index contributed by atoms with van der Waals surface area (Å²) >= 11 is 0. The minimum atomic E-state index is -0.392. The van der Waals surface area contributed by atoms with E-state index >= 15 is 0 Å². The molecule has 1 aliphatic heterocycles. The van der Waals surface area contributed by atoms with Gasteiger partial charge in [0.25, 0.3) is 0 Å². The van der Waals surface area contributed by atoms with Gasteiger partial charge in [-0.2, -0.15) is 5.10 Å². The molecule has 0 fully saturated rings. The van der Waals surface area contributed by atoms with Crippen LogP contribution in [-0.2, 0) is 4.74 Å². The van der Waals surface area contributed by atoms with Crippen LogP contribution in [0, 0.1) is 0 Å². The second kappa shape index (κ2) is 6.12. The number of aromatic hydroxyl groups is 1. The number of nitrogens with zero attached hydrogens (tertiary/aromatic N) is 2. The van der Waals surface area contributed by atoms with Gasteiger partial charge in [-0.15, -0.1) is 0 Å². The highest BCUT2D eigenvalue weighted by Gasteiger charge is 2.32. The molecule has 1 atom stereocenters. The minimum absolute atomic E-state index is 0.158. The Balaban J connectivity index is 1.95. The maximum absolute atomic E-state index is 12.0. The number of benzene rings is 2. The predicted octanol–water partition coefficient (Wildman–Crippen LogP) is 2.96. The van der Waals surface area contributed by atoms with Crippen molar-refractivity contribution in [1.82, 2.24) is 5.01 Å². The molecule has 0 aliphatic carbocycles. The Morgan fingerprint density at radius 1 is 1.17 bits per heavy atom. The van der Waals surface area contributed by atoms with Crippen LogP contribution in [0.4, 0.5) is 0 Å². The fourth-order valence-corrected chi connectivity index (χ4v) is 2.71. The van der Waals surface area contributed by atoms with Crippen LogP contribution in [0.1, 0.15) is 34.0 Å². The van der Waals surface area contributed by atoms with Crippen LogP contribution < -0.4 is 0 Å². The van der Waals surface area contributed by atoms with Crippen molar-refractivity contribution in [3.8, 4) is 5.75 Å². The van der Waals surface area contributed by atoms with E-state index in [0.717, 1.165) is 5.56 Å². The van der Waals surface area contributed by atoms with Crippen LogP contribution in [0.25, 0.3) is 0 Å². The first-order valence-electron chi connectivity index (χ1n) is 7.39. The summed E-state index contributed by atoms with van der Waals surface area (Å²) < 4.78 is 5.49. The van der Waals surface area contributed by atoms with Crippen LogP contribution >= 0.6 is 0 Å². The summed E-state index contributed by atoms with van der Waals surface area (Å²) in [5.74, 6) is -0.155. The molecule has 0 amide bonds. The number of phenols is 1. The number of esters is 1. The number of para-hydroxylation sites is 1. The molecular weight excluding hydrogens is 292 g/mol. The van der Waals surface area contributed by atoms with Crippen molar-refractivity contribution in [3.63, 3.8) is 0 Å². The van der Waals surface area contributed by atoms with Crippen molar-refractivity contribution >= 4 is 11.7 Å². The normalized spacial score (nSPS) is 16.9. The summed E-state index contributed by atoms with van der Waals surface area (Å²) in [6, 6.07) is 14.4. The third-order valence-electron chi connectivity index (χ3n) is 3.69. The highest BCUT2D eigenvalue weighted by Crippen LogP contribution is 2.34. The molecule has 1 unspecified atom stereocenters. The van der Waals surface area contributed by atoms with Gasteiger partial charge in [0.1, 0.15) is 11.9 Å². The zero-order chi connectivity index (χ0) is 16.4. The van der Waals surface area contributed by atoms with Gasteiger partial charge >= 0.3 is 5.97 Å². The van der Waals surface area contributed by atoms with Crippen LogP contribution in [-0.4, -0.2) is 35.9 Å². The lowest BCUT2D eigenvalue weighted by Crippen LogP contribution is -2.14. The average Bonchev–Trinajstić information content (AvgIpc) is 2.84. The zero-order valence-electron chi connectivity index (χ0n) is 13.1. The van der Waals surface area contributed by atoms with E-state index in [0.29, 0.717) is 23.3 Å². The molecule has 118 valence electrons. The number of fused-ring (bicyclic) bond motifs is 1. The molecule has 0 radical (unpaired) electrons. The first-order valence-corrected chi connectivity index (χ1v) is 7.39. The van der Waals surface area contributed by atoms with E-state index in [2.05, 4.69) is 5.10 Å². The van der Waals surface area contributed by atoms with Crippen LogP contribution in [0.15, 0.2) is 53.6 Å². The molecular formula is C18H18N2O3. The Kier molecular flexibility index (Phi) is 4.02. The maximum Gasteiger partial charge on any atom is 0.339 e. The second-order valence-electron chi connectivity index (χ2n) is 5.60. The lowest BCUT2D eigenvalue weighted by molar-refractivity contribution is 0.0400. The highest BCUT2D eigenvalue weighted by molar-refractivity contribution is 6.04. The molecule has 2 aromatic rings. The van der Waals surface area contributed by atoms with E-state index in [4.69, 9.17) is 4.74 Å². The van der Waals surface area contributed by atoms with Gasteiger partial charge in [0.2, 0.25) is 0 Å². The van der Waals surface area contributed by atoms with Crippen LogP contribution in [0.5, 0.6) is 5.75 Å². The fourth-order valence-electron chi connectivity index (χ4n) is 2.71. The number of hydrogen-bond donors (Lipinski definition) is 1. The van der Waals surface area contributed by atoms with Gasteiger partial charge in [0.15, 0.2) is 0 Å². The van der Waals surface area contributed by atoms with Gasteiger partial charge in [-0.05, 0) is 18.2 Å². The van der Waals surface area contributed by atoms with Gasteiger partial charge in [-0.3, -0.25) is 0 Å². The molecule has 0 bridgehead atoms. The summed E-state index contributed by atoms with van der Waals surface area (Å²) in [5, 5.41) is 16.2. The summed E-state index contributed by atoms with van der Waals surface area (Å²) in [7, 11) is 3.63. The molecule has 5 heteroatoms. The van der Waals surface area contributed by atoms with Crippen molar-refractivity contribution in [1.29, 1.82) is 0 Å². The van der Waals surface area contributed by atoms with Gasteiger partial charge in [0.05, 0.1) is 11.3 Å². The van der Waals surface area contributed by atoms with Gasteiger partial charge in [-0.25, -0.2) is 4.79 Å². The maximum atomic E-state index is 12.0. The molecule has 1 aliphatic rings. The third-order valence-corrected chi connectivity index (χ3v) is 3.69. The molecule has 0 aromatic heterocycles. The smallest absolute Gasteiger partial charge is 0.339 e. The summed E-state index contributed by atoms with van der Waals surface area (Å²) in [6.07, 6.45) is 0.00964. The Bertz CT molecular complexity index is 768. The number of cyclic esters (lactones) is 1. The third kappa shape index (κ3) is 3.04. The van der Waals surface area contributed by atoms with E-state index in [1.54, 1.807) is 29.3 Å². The zero-order valence-corrected chi connectivity index (χ0v) is 13.1. The van der Waals surface area contributed by atoms with E-state index in [9.17, 15) is 9.90 Å². The molecule has 1 N–H and O–H groups in total. The Morgan fingerprint density at radius 2 is 1.87 bits per heavy atom. The van der Waals surface area contributed by atoms with E-state index < -0.39 is 6.10 Å². The molecule has 23 heavy (non-hydrogen) atoms. The largest absolute Gasteiger partial charge is 0.507 e. The minimum Gasteiger partial charge on any atom is -0.507 e. The fraction of sp³-hybridized carbons (Fsp3) is 0.222. The van der Waals surface area contributed by atoms with Crippen LogP contribution in [0.3, 0.4) is 0 Å². The second-order valence-corrected chi connectivity index (χ2v) is 5.60. The van der Waals surface area contributed by atoms with Crippen molar-refractivity contribution in [2.45, 2.75) is 12.5 Å². The van der Waals surface area contributed by atoms with E-state index in [1.165, 1.54) is 0 Å². The van der Waals surface area contributed by atoms with Crippen molar-refractivity contribution in [2.24, 2.45) is 5.10 Å². The Morgan fingerprint density at radius 3 is 2.61 bits per heavy atom. The number of rotatable bonds is 4. The summed E-state index contributed by atoms with van der Waals surface area (Å²) in [4.78, 5) is 12.0. The molecule has 0 saturated heterocycles. The number of ether oxygens (including phenoxy) is 1. The average molecular weight is 310 g/mol. The quantitative estimate of drug-likeness (QED) is 0.536. The lowest BCUT2D eigenvalue weighted by Gasteiger charge is -2.16. The van der Waals surface area contributed by atoms with E-state index in [1.807, 2.05) is 38.4 Å². The van der Waals surface area contributed by atoms with Gasteiger partial charge in [0, 0.05) is 31.6 Å². The first-order chi connectivity index (χ1) is 11.1. The van der Waals surface area contributed by atoms with Crippen molar-refractivity contribution in [2.75, 3.05) is 14.1 Å². The molecule has 0 saturated carbocycles. The summed E-state index contributed by atoms with van der Waals surface area (Å²) in [6.45, 7) is 0. The highest BCUT2D eigenvalue weighted by atomic mass is 16.5. The topological polar surface area (TPSA) is 62.1 Å². The lowest BCUT2D eigenvalue weighted by atomic mass is 9.97. The monoisotopic (exact) mass is 310 g/mol. The molecule has 0 spiro atoms. The molecule has 1 heterocycles. The van der Waals surface area contributed by atoms with Crippen molar-refractivity contribution in [3.05, 3.63) is 65.2 Å². The van der Waals surface area contributed by atoms with E-state index in [-0.39, 0.29) is 11.7 Å². The van der Waals surface area contributed by atoms with Gasteiger partial charge in [-0.1, -0.05) is 30.3 Å². The molecule has 3 rings (SSSR count). The standard InChI is InChI=1S/C18H18N2O3/c1-20(2)19-15(14-9-5-6-10-16(14)21)11-17-12-7-3-4-8-13(12)18(22)23-17/h3-10,17,21H,11H2,1-2H3/b19-15-. The first kappa shape index (κ1) is 15.1. The molecule has 2 aromatic carbocycles. The van der Waals surface area contributed by atoms with Gasteiger partial charge < -0.3 is 14.9 Å². The summed E-state index contributed by atoms with van der Waals surface area (Å²) in [5.41, 5.74) is 2.77. The number of hydrazone groups is 1. The van der Waals surface area contributed by atoms with Crippen LogP contribution in [0.2, 0.25) is 0 Å². The number of phenolic OH excluding ortho intramolecular Hbond substituents is 1.